The number of hydrogen-bond acceptors (Lipinski definition) is 4. The van der Waals surface area contributed by atoms with Crippen molar-refractivity contribution >= 4 is 45.0 Å². The van der Waals surface area contributed by atoms with Gasteiger partial charge in [0.1, 0.15) is 0 Å². The number of hydrogen-bond donors (Lipinski definition) is 0. The van der Waals surface area contributed by atoms with E-state index in [1.807, 2.05) is 42.5 Å². The molecule has 0 N–H and O–H groups in total. The summed E-state index contributed by atoms with van der Waals surface area (Å²) in [6.45, 7) is 0. The van der Waals surface area contributed by atoms with E-state index in [1.165, 1.54) is 6.08 Å². The molecule has 0 aliphatic heterocycles. The molecule has 6 heteroatoms. The van der Waals surface area contributed by atoms with E-state index in [1.54, 1.807) is 21.3 Å². The Balaban J connectivity index is 2.37. The van der Waals surface area contributed by atoms with Gasteiger partial charge in [-0.05, 0) is 0 Å². The monoisotopic (exact) mass is 462 g/mol. The Kier molecular flexibility index (Phi) is 6.98. The number of rotatable bonds is 7. The van der Waals surface area contributed by atoms with Crippen molar-refractivity contribution < 1.29 is 19.0 Å². The molecule has 126 valence electrons. The van der Waals surface area contributed by atoms with E-state index in [0.717, 1.165) is 30.0 Å². The fourth-order valence-electron chi connectivity index (χ4n) is 2.00. The first-order valence-corrected chi connectivity index (χ1v) is 9.73. The van der Waals surface area contributed by atoms with Crippen LogP contribution in [0.25, 0.3) is 3.62 Å². The van der Waals surface area contributed by atoms with Gasteiger partial charge in [0.2, 0.25) is 0 Å². The molecule has 0 bridgehead atoms. The Bertz CT molecular complexity index is 719. The molecule has 0 aliphatic carbocycles. The zero-order valence-corrected chi connectivity index (χ0v) is 16.6. The van der Waals surface area contributed by atoms with Crippen LogP contribution in [0.4, 0.5) is 0 Å². The minimum absolute atomic E-state index is 0.485. The van der Waals surface area contributed by atoms with Gasteiger partial charge in [0.15, 0.2) is 0 Å². The van der Waals surface area contributed by atoms with E-state index in [0.29, 0.717) is 0 Å². The second-order valence-corrected chi connectivity index (χ2v) is 8.25. The second-order valence-electron chi connectivity index (χ2n) is 4.69. The zero-order chi connectivity index (χ0) is 17.5. The molecule has 0 radical (unpaired) electrons. The summed E-state index contributed by atoms with van der Waals surface area (Å²) < 4.78 is 17.8. The van der Waals surface area contributed by atoms with Crippen molar-refractivity contribution in [2.45, 2.75) is 0 Å². The van der Waals surface area contributed by atoms with Crippen molar-refractivity contribution in [3.8, 4) is 17.2 Å². The van der Waals surface area contributed by atoms with Crippen LogP contribution in [-0.4, -0.2) is 47.5 Å². The van der Waals surface area contributed by atoms with Crippen molar-refractivity contribution in [1.29, 1.82) is 0 Å². The third-order valence-electron chi connectivity index (χ3n) is 3.17. The fraction of sp³-hybridized carbons (Fsp3) is 0.167. The van der Waals surface area contributed by atoms with E-state index in [4.69, 9.17) is 25.8 Å². The van der Waals surface area contributed by atoms with Gasteiger partial charge in [0.05, 0.1) is 0 Å². The Morgan fingerprint density at radius 2 is 1.46 bits per heavy atom. The molecule has 0 fully saturated rings. The zero-order valence-electron chi connectivity index (χ0n) is 13.5. The van der Waals surface area contributed by atoms with Crippen molar-refractivity contribution in [3.63, 3.8) is 0 Å². The summed E-state index contributed by atoms with van der Waals surface area (Å²) in [5.74, 6) is 2.21. The van der Waals surface area contributed by atoms with Crippen LogP contribution in [0.3, 0.4) is 0 Å². The molecule has 0 spiro atoms. The summed E-state index contributed by atoms with van der Waals surface area (Å²) >= 11 is 4.73. The van der Waals surface area contributed by atoms with Crippen LogP contribution in [0.15, 0.2) is 48.5 Å². The quantitative estimate of drug-likeness (QED) is 0.362. The molecule has 0 unspecified atom stereocenters. The molecule has 0 heterocycles. The van der Waals surface area contributed by atoms with Gasteiger partial charge in [-0.15, -0.1) is 0 Å². The molecule has 2 aromatic carbocycles. The van der Waals surface area contributed by atoms with E-state index in [9.17, 15) is 4.79 Å². The van der Waals surface area contributed by atoms with Gasteiger partial charge in [-0.3, -0.25) is 0 Å². The number of methoxy groups -OCH3 is 3. The first-order valence-electron chi connectivity index (χ1n) is 7.02. The number of allylic oxidation sites excluding steroid dienone is 1. The van der Waals surface area contributed by atoms with Crippen molar-refractivity contribution in [3.05, 3.63) is 54.1 Å². The summed E-state index contributed by atoms with van der Waals surface area (Å²) in [5.41, 5.74) is 0.953. The first-order chi connectivity index (χ1) is 11.5. The number of carbonyl (C=O) groups excluding carboxylic acids is 1. The average molecular weight is 460 g/mol. The van der Waals surface area contributed by atoms with Gasteiger partial charge >= 0.3 is 157 Å². The predicted octanol–water partition coefficient (Wildman–Crippen LogP) is 2.85. The maximum absolute atomic E-state index is 11.4. The second kappa shape index (κ2) is 8.98. The topological polar surface area (TPSA) is 44.8 Å². The van der Waals surface area contributed by atoms with Gasteiger partial charge in [-0.25, -0.2) is 0 Å². The first kappa shape index (κ1) is 18.7. The summed E-state index contributed by atoms with van der Waals surface area (Å²) in [6.07, 6.45) is 1.48. The summed E-state index contributed by atoms with van der Waals surface area (Å²) in [6, 6.07) is 13.3. The van der Waals surface area contributed by atoms with Crippen LogP contribution < -0.4 is 17.8 Å². The van der Waals surface area contributed by atoms with Crippen molar-refractivity contribution in [2.24, 2.45) is 0 Å². The van der Waals surface area contributed by atoms with Gasteiger partial charge < -0.3 is 0 Å². The maximum atomic E-state index is 11.4. The van der Waals surface area contributed by atoms with Crippen LogP contribution >= 0.6 is 11.6 Å². The van der Waals surface area contributed by atoms with Gasteiger partial charge in [0, 0.05) is 0 Å². The SMILES string of the molecule is COc1ccc(/C(=C/C(=O)Cl)[Te]c2cc(OC)cc(OC)c2)cc1. The minimum atomic E-state index is -0.869. The van der Waals surface area contributed by atoms with Crippen LogP contribution in [0.2, 0.25) is 0 Å². The molecule has 4 nitrogen and oxygen atoms in total. The van der Waals surface area contributed by atoms with Crippen LogP contribution in [-0.2, 0) is 4.79 Å². The molecule has 0 saturated carbocycles. The number of ether oxygens (including phenoxy) is 3. The molecular formula is C18H17ClO4Te. The van der Waals surface area contributed by atoms with E-state index in [2.05, 4.69) is 0 Å². The van der Waals surface area contributed by atoms with E-state index in [-0.39, 0.29) is 0 Å². The number of halogens is 1. The standard InChI is InChI=1S/C18H17ClO4Te/c1-21-13-6-4-12(5-7-13)17(11-18(19)20)24-16-9-14(22-2)8-15(10-16)23-3/h4-11H,1-3H3/b17-11-. The van der Waals surface area contributed by atoms with Gasteiger partial charge in [-0.2, -0.15) is 0 Å². The third-order valence-corrected chi connectivity index (χ3v) is 6.26. The summed E-state index contributed by atoms with van der Waals surface area (Å²) in [4.78, 5) is 11.4. The molecule has 0 aliphatic rings. The van der Waals surface area contributed by atoms with E-state index < -0.39 is 26.2 Å². The van der Waals surface area contributed by atoms with E-state index >= 15 is 0 Å². The summed E-state index contributed by atoms with van der Waals surface area (Å²) in [7, 11) is 4.84. The molecule has 0 saturated heterocycles. The van der Waals surface area contributed by atoms with Crippen LogP contribution in [0.5, 0.6) is 17.2 Å². The Labute approximate surface area is 156 Å². The Morgan fingerprint density at radius 3 is 1.92 bits per heavy atom. The molecule has 0 amide bonds. The van der Waals surface area contributed by atoms with Crippen molar-refractivity contribution in [2.75, 3.05) is 21.3 Å². The predicted molar refractivity (Wildman–Crippen MR) is 96.8 cm³/mol. The molecule has 0 aromatic heterocycles. The third kappa shape index (κ3) is 5.17. The fourth-order valence-corrected chi connectivity index (χ4v) is 5.23. The molecule has 24 heavy (non-hydrogen) atoms. The molecular weight excluding hydrogens is 443 g/mol. The van der Waals surface area contributed by atoms with Crippen LogP contribution in [0.1, 0.15) is 5.56 Å². The van der Waals surface area contributed by atoms with Crippen molar-refractivity contribution in [1.82, 2.24) is 0 Å². The van der Waals surface area contributed by atoms with Gasteiger partial charge in [-0.1, -0.05) is 0 Å². The molecule has 2 aromatic rings. The number of carbonyl (C=O) groups is 1. The summed E-state index contributed by atoms with van der Waals surface area (Å²) in [5, 5.41) is -0.485. The van der Waals surface area contributed by atoms with Crippen LogP contribution in [0, 0.1) is 0 Å². The average Bonchev–Trinajstić information content (AvgIpc) is 2.60. The normalized spacial score (nSPS) is 11.1. The Hall–Kier alpha value is -1.67. The molecule has 0 atom stereocenters. The van der Waals surface area contributed by atoms with Gasteiger partial charge in [0.25, 0.3) is 0 Å². The number of benzene rings is 2. The Morgan fingerprint density at radius 1 is 0.917 bits per heavy atom. The molecule has 2 rings (SSSR count).